The predicted molar refractivity (Wildman–Crippen MR) is 83.8 cm³/mol. The maximum absolute atomic E-state index is 5.39. The van der Waals surface area contributed by atoms with Crippen LogP contribution in [0.1, 0.15) is 31.4 Å². The molecule has 4 nitrogen and oxygen atoms in total. The maximum Gasteiger partial charge on any atom is 0.161 e. The molecule has 0 aromatic heterocycles. The van der Waals surface area contributed by atoms with E-state index < -0.39 is 0 Å². The topological polar surface area (TPSA) is 33.7 Å². The zero-order chi connectivity index (χ0) is 15.0. The zero-order valence-corrected chi connectivity index (χ0v) is 13.4. The van der Waals surface area contributed by atoms with Gasteiger partial charge < -0.3 is 19.7 Å². The molecule has 0 amide bonds. The Morgan fingerprint density at radius 2 is 1.85 bits per heavy atom. The fraction of sp³-hybridized carbons (Fsp3) is 0.625. The van der Waals surface area contributed by atoms with Crippen LogP contribution in [0.25, 0.3) is 0 Å². The highest BCUT2D eigenvalue weighted by Gasteiger charge is 2.14. The highest BCUT2D eigenvalue weighted by molar-refractivity contribution is 5.43. The second-order valence-corrected chi connectivity index (χ2v) is 5.21. The molecule has 1 aromatic carbocycles. The molecule has 0 aliphatic rings. The van der Waals surface area contributed by atoms with Gasteiger partial charge in [0.05, 0.1) is 14.2 Å². The molecule has 20 heavy (non-hydrogen) atoms. The van der Waals surface area contributed by atoms with E-state index in [9.17, 15) is 0 Å². The second kappa shape index (κ2) is 8.82. The number of nitrogens with zero attached hydrogens (tertiary/aromatic N) is 1. The third-order valence-electron chi connectivity index (χ3n) is 3.32. The van der Waals surface area contributed by atoms with Crippen LogP contribution in [-0.4, -0.2) is 46.3 Å². The third kappa shape index (κ3) is 5.02. The Balaban J connectivity index is 2.87. The first kappa shape index (κ1) is 16.8. The Morgan fingerprint density at radius 3 is 2.40 bits per heavy atom. The number of benzene rings is 1. The van der Waals surface area contributed by atoms with Gasteiger partial charge in [0.25, 0.3) is 0 Å². The number of hydrogen-bond acceptors (Lipinski definition) is 4. The van der Waals surface area contributed by atoms with Crippen molar-refractivity contribution in [2.75, 3.05) is 41.4 Å². The lowest BCUT2D eigenvalue weighted by atomic mass is 10.0. The van der Waals surface area contributed by atoms with E-state index in [1.54, 1.807) is 14.2 Å². The summed E-state index contributed by atoms with van der Waals surface area (Å²) in [5.74, 6) is 1.57. The normalized spacial score (nSPS) is 12.5. The molecule has 1 atom stereocenters. The first-order chi connectivity index (χ1) is 9.62. The van der Waals surface area contributed by atoms with Gasteiger partial charge in [-0.1, -0.05) is 13.0 Å². The first-order valence-corrected chi connectivity index (χ1v) is 7.22. The molecule has 114 valence electrons. The monoisotopic (exact) mass is 280 g/mol. The van der Waals surface area contributed by atoms with Crippen LogP contribution in [0.4, 0.5) is 0 Å². The Kier molecular flexibility index (Phi) is 7.41. The second-order valence-electron chi connectivity index (χ2n) is 5.21. The molecule has 4 heteroatoms. The third-order valence-corrected chi connectivity index (χ3v) is 3.32. The molecule has 0 heterocycles. The summed E-state index contributed by atoms with van der Waals surface area (Å²) < 4.78 is 10.7. The Hall–Kier alpha value is -1.26. The molecule has 0 bridgehead atoms. The molecular weight excluding hydrogens is 252 g/mol. The van der Waals surface area contributed by atoms with Gasteiger partial charge in [0.2, 0.25) is 0 Å². The molecule has 0 spiro atoms. The molecule has 0 radical (unpaired) electrons. The SMILES string of the molecule is CCCNC(CCN(C)C)c1ccc(OC)c(OC)c1. The van der Waals surface area contributed by atoms with Gasteiger partial charge in [-0.3, -0.25) is 0 Å². The van der Waals surface area contributed by atoms with E-state index in [1.165, 1.54) is 5.56 Å². The van der Waals surface area contributed by atoms with Crippen molar-refractivity contribution < 1.29 is 9.47 Å². The molecule has 0 saturated carbocycles. The minimum absolute atomic E-state index is 0.345. The molecule has 1 unspecified atom stereocenters. The van der Waals surface area contributed by atoms with Crippen LogP contribution in [0.2, 0.25) is 0 Å². The van der Waals surface area contributed by atoms with E-state index in [2.05, 4.69) is 43.4 Å². The van der Waals surface area contributed by atoms with Crippen molar-refractivity contribution in [1.82, 2.24) is 10.2 Å². The van der Waals surface area contributed by atoms with Crippen molar-refractivity contribution in [2.24, 2.45) is 0 Å². The van der Waals surface area contributed by atoms with E-state index in [1.807, 2.05) is 6.07 Å². The van der Waals surface area contributed by atoms with Gasteiger partial charge in [-0.2, -0.15) is 0 Å². The maximum atomic E-state index is 5.39. The number of hydrogen-bond donors (Lipinski definition) is 1. The van der Waals surface area contributed by atoms with Gasteiger partial charge in [-0.25, -0.2) is 0 Å². The lowest BCUT2D eigenvalue weighted by Gasteiger charge is -2.22. The summed E-state index contributed by atoms with van der Waals surface area (Å²) in [4.78, 5) is 2.21. The van der Waals surface area contributed by atoms with Gasteiger partial charge in [-0.05, 0) is 57.7 Å². The van der Waals surface area contributed by atoms with Crippen LogP contribution in [0.15, 0.2) is 18.2 Å². The van der Waals surface area contributed by atoms with Crippen molar-refractivity contribution in [3.8, 4) is 11.5 Å². The Morgan fingerprint density at radius 1 is 1.15 bits per heavy atom. The molecule has 1 aromatic rings. The number of nitrogens with one attached hydrogen (secondary N) is 1. The van der Waals surface area contributed by atoms with E-state index in [4.69, 9.17) is 9.47 Å². The summed E-state index contributed by atoms with van der Waals surface area (Å²) in [6.07, 6.45) is 2.20. The van der Waals surface area contributed by atoms with Crippen LogP contribution in [0, 0.1) is 0 Å². The fourth-order valence-electron chi connectivity index (χ4n) is 2.16. The van der Waals surface area contributed by atoms with E-state index >= 15 is 0 Å². The average molecular weight is 280 g/mol. The standard InChI is InChI=1S/C16H28N2O2/c1-6-10-17-14(9-11-18(2)3)13-7-8-15(19-4)16(12-13)20-5/h7-8,12,14,17H,6,9-11H2,1-5H3. The highest BCUT2D eigenvalue weighted by atomic mass is 16.5. The molecule has 1 rings (SSSR count). The number of ether oxygens (including phenoxy) is 2. The van der Waals surface area contributed by atoms with E-state index in [0.29, 0.717) is 6.04 Å². The lowest BCUT2D eigenvalue weighted by molar-refractivity contribution is 0.348. The molecule has 0 saturated heterocycles. The summed E-state index contributed by atoms with van der Waals surface area (Å²) in [6.45, 7) is 4.26. The van der Waals surface area contributed by atoms with Gasteiger partial charge in [0.1, 0.15) is 0 Å². The zero-order valence-electron chi connectivity index (χ0n) is 13.4. The summed E-state index contributed by atoms with van der Waals surface area (Å²) in [7, 11) is 7.54. The molecule has 0 aliphatic carbocycles. The molecule has 0 fully saturated rings. The van der Waals surface area contributed by atoms with Crippen LogP contribution in [0.5, 0.6) is 11.5 Å². The Labute approximate surface area is 123 Å². The quantitative estimate of drug-likeness (QED) is 0.754. The first-order valence-electron chi connectivity index (χ1n) is 7.22. The van der Waals surface area contributed by atoms with Crippen molar-refractivity contribution in [1.29, 1.82) is 0 Å². The minimum Gasteiger partial charge on any atom is -0.493 e. The van der Waals surface area contributed by atoms with Crippen LogP contribution in [-0.2, 0) is 0 Å². The number of rotatable bonds is 9. The van der Waals surface area contributed by atoms with Gasteiger partial charge >= 0.3 is 0 Å². The Bertz CT molecular complexity index is 394. The summed E-state index contributed by atoms with van der Waals surface area (Å²) in [6, 6.07) is 6.51. The van der Waals surface area contributed by atoms with Crippen molar-refractivity contribution in [3.63, 3.8) is 0 Å². The van der Waals surface area contributed by atoms with Crippen LogP contribution in [0.3, 0.4) is 0 Å². The van der Waals surface area contributed by atoms with Gasteiger partial charge in [0, 0.05) is 6.04 Å². The largest absolute Gasteiger partial charge is 0.493 e. The van der Waals surface area contributed by atoms with Crippen molar-refractivity contribution in [2.45, 2.75) is 25.8 Å². The van der Waals surface area contributed by atoms with Crippen LogP contribution < -0.4 is 14.8 Å². The van der Waals surface area contributed by atoms with Crippen LogP contribution >= 0.6 is 0 Å². The van der Waals surface area contributed by atoms with Crippen molar-refractivity contribution >= 4 is 0 Å². The van der Waals surface area contributed by atoms with Crippen molar-refractivity contribution in [3.05, 3.63) is 23.8 Å². The van der Waals surface area contributed by atoms with Gasteiger partial charge in [0.15, 0.2) is 11.5 Å². The summed E-state index contributed by atoms with van der Waals surface area (Å²) in [5.41, 5.74) is 1.25. The lowest BCUT2D eigenvalue weighted by Crippen LogP contribution is -2.26. The molecule has 0 aliphatic heterocycles. The van der Waals surface area contributed by atoms with Gasteiger partial charge in [-0.15, -0.1) is 0 Å². The smallest absolute Gasteiger partial charge is 0.161 e. The van der Waals surface area contributed by atoms with E-state index in [0.717, 1.165) is 37.4 Å². The summed E-state index contributed by atoms with van der Waals surface area (Å²) in [5, 5.41) is 3.61. The average Bonchev–Trinajstić information content (AvgIpc) is 2.46. The van der Waals surface area contributed by atoms with E-state index in [-0.39, 0.29) is 0 Å². The highest BCUT2D eigenvalue weighted by Crippen LogP contribution is 2.30. The fourth-order valence-corrected chi connectivity index (χ4v) is 2.16. The minimum atomic E-state index is 0.345. The number of methoxy groups -OCH3 is 2. The molecule has 1 N–H and O–H groups in total. The predicted octanol–water partition coefficient (Wildman–Crippen LogP) is 2.70. The summed E-state index contributed by atoms with van der Waals surface area (Å²) >= 11 is 0. The molecular formula is C16H28N2O2.